The van der Waals surface area contributed by atoms with E-state index in [0.29, 0.717) is 0 Å². The summed E-state index contributed by atoms with van der Waals surface area (Å²) in [7, 11) is 0. The van der Waals surface area contributed by atoms with Crippen molar-refractivity contribution < 1.29 is 4.74 Å². The molecule has 0 spiro atoms. The van der Waals surface area contributed by atoms with Gasteiger partial charge in [-0.25, -0.2) is 0 Å². The maximum atomic E-state index is 5.30. The Morgan fingerprint density at radius 3 is 2.59 bits per heavy atom. The highest BCUT2D eigenvalue weighted by Crippen LogP contribution is 2.11. The fourth-order valence-electron chi connectivity index (χ4n) is 1.46. The molecule has 0 fully saturated rings. The predicted molar refractivity (Wildman–Crippen MR) is 71.6 cm³/mol. The molecule has 0 saturated heterocycles. The van der Waals surface area contributed by atoms with E-state index < -0.39 is 0 Å². The number of ether oxygens (including phenoxy) is 1. The normalized spacial score (nSPS) is 10.9. The van der Waals surface area contributed by atoms with Crippen molar-refractivity contribution in [1.29, 1.82) is 0 Å². The SMILES string of the molecule is CCCNCCc1nnc(CCCOCC)s1. The molecule has 0 amide bonds. The summed E-state index contributed by atoms with van der Waals surface area (Å²) in [6, 6.07) is 0. The van der Waals surface area contributed by atoms with Gasteiger partial charge in [-0.1, -0.05) is 6.92 Å². The monoisotopic (exact) mass is 257 g/mol. The first-order valence-electron chi connectivity index (χ1n) is 6.46. The second-order valence-electron chi connectivity index (χ2n) is 3.89. The van der Waals surface area contributed by atoms with Gasteiger partial charge >= 0.3 is 0 Å². The number of hydrogen-bond acceptors (Lipinski definition) is 5. The molecule has 5 heteroatoms. The van der Waals surface area contributed by atoms with E-state index in [1.807, 2.05) is 6.92 Å². The lowest BCUT2D eigenvalue weighted by molar-refractivity contribution is 0.145. The Kier molecular flexibility index (Phi) is 8.13. The molecule has 0 aliphatic carbocycles. The van der Waals surface area contributed by atoms with E-state index in [1.54, 1.807) is 11.3 Å². The first kappa shape index (κ1) is 14.5. The number of aromatic nitrogens is 2. The maximum Gasteiger partial charge on any atom is 0.118 e. The zero-order valence-electron chi connectivity index (χ0n) is 10.9. The van der Waals surface area contributed by atoms with Crippen molar-refractivity contribution in [2.24, 2.45) is 0 Å². The van der Waals surface area contributed by atoms with Crippen molar-refractivity contribution in [2.75, 3.05) is 26.3 Å². The largest absolute Gasteiger partial charge is 0.382 e. The minimum absolute atomic E-state index is 0.796. The molecule has 1 aromatic heterocycles. The summed E-state index contributed by atoms with van der Waals surface area (Å²) in [4.78, 5) is 0. The third-order valence-corrected chi connectivity index (χ3v) is 3.38. The number of aryl methyl sites for hydroxylation is 1. The molecular weight excluding hydrogens is 234 g/mol. The average molecular weight is 257 g/mol. The van der Waals surface area contributed by atoms with Gasteiger partial charge in [0.25, 0.3) is 0 Å². The molecule has 1 N–H and O–H groups in total. The molecule has 0 saturated carbocycles. The maximum absolute atomic E-state index is 5.30. The van der Waals surface area contributed by atoms with Crippen molar-refractivity contribution in [3.05, 3.63) is 10.0 Å². The van der Waals surface area contributed by atoms with E-state index in [2.05, 4.69) is 22.4 Å². The van der Waals surface area contributed by atoms with Crippen LogP contribution in [0, 0.1) is 0 Å². The van der Waals surface area contributed by atoms with Gasteiger partial charge in [0.1, 0.15) is 10.0 Å². The number of nitrogens with one attached hydrogen (secondary N) is 1. The van der Waals surface area contributed by atoms with Crippen LogP contribution in [0.2, 0.25) is 0 Å². The quantitative estimate of drug-likeness (QED) is 0.652. The van der Waals surface area contributed by atoms with Crippen LogP contribution in [0.3, 0.4) is 0 Å². The first-order valence-corrected chi connectivity index (χ1v) is 7.28. The Morgan fingerprint density at radius 2 is 1.88 bits per heavy atom. The van der Waals surface area contributed by atoms with E-state index >= 15 is 0 Å². The molecule has 0 atom stereocenters. The number of hydrogen-bond donors (Lipinski definition) is 1. The Bertz CT molecular complexity index is 265. The molecule has 0 aliphatic rings. The molecule has 17 heavy (non-hydrogen) atoms. The smallest absolute Gasteiger partial charge is 0.118 e. The summed E-state index contributed by atoms with van der Waals surface area (Å²) >= 11 is 1.73. The van der Waals surface area contributed by atoms with Crippen LogP contribution in [0.25, 0.3) is 0 Å². The summed E-state index contributed by atoms with van der Waals surface area (Å²) in [5.41, 5.74) is 0. The van der Waals surface area contributed by atoms with Gasteiger partial charge < -0.3 is 10.1 Å². The fraction of sp³-hybridized carbons (Fsp3) is 0.833. The number of rotatable bonds is 10. The summed E-state index contributed by atoms with van der Waals surface area (Å²) in [5.74, 6) is 0. The third kappa shape index (κ3) is 6.71. The minimum atomic E-state index is 0.796. The van der Waals surface area contributed by atoms with Crippen molar-refractivity contribution in [3.63, 3.8) is 0 Å². The van der Waals surface area contributed by atoms with E-state index in [9.17, 15) is 0 Å². The molecule has 98 valence electrons. The summed E-state index contributed by atoms with van der Waals surface area (Å²) in [5, 5.41) is 14.0. The Balaban J connectivity index is 2.14. The standard InChI is InChI=1S/C12H23N3OS/c1-3-8-13-9-7-12-15-14-11(17-12)6-5-10-16-4-2/h13H,3-10H2,1-2H3. The van der Waals surface area contributed by atoms with Crippen LogP contribution >= 0.6 is 11.3 Å². The second-order valence-corrected chi connectivity index (χ2v) is 5.04. The van der Waals surface area contributed by atoms with E-state index in [1.165, 1.54) is 6.42 Å². The highest BCUT2D eigenvalue weighted by atomic mass is 32.1. The van der Waals surface area contributed by atoms with Crippen LogP contribution in [0.4, 0.5) is 0 Å². The third-order valence-electron chi connectivity index (χ3n) is 2.33. The molecule has 1 rings (SSSR count). The Labute approximate surface area is 108 Å². The molecule has 0 bridgehead atoms. The van der Waals surface area contributed by atoms with Gasteiger partial charge in [-0.15, -0.1) is 21.5 Å². The lowest BCUT2D eigenvalue weighted by Gasteiger charge is -1.99. The number of nitrogens with zero attached hydrogens (tertiary/aromatic N) is 2. The van der Waals surface area contributed by atoms with Crippen molar-refractivity contribution >= 4 is 11.3 Å². The zero-order valence-corrected chi connectivity index (χ0v) is 11.7. The van der Waals surface area contributed by atoms with Gasteiger partial charge in [0, 0.05) is 32.6 Å². The van der Waals surface area contributed by atoms with Crippen molar-refractivity contribution in [2.45, 2.75) is 39.5 Å². The average Bonchev–Trinajstić information content (AvgIpc) is 2.78. The van der Waals surface area contributed by atoms with Gasteiger partial charge in [0.05, 0.1) is 0 Å². The highest BCUT2D eigenvalue weighted by molar-refractivity contribution is 7.11. The first-order chi connectivity index (χ1) is 8.36. The molecule has 1 heterocycles. The van der Waals surface area contributed by atoms with Crippen molar-refractivity contribution in [3.8, 4) is 0 Å². The van der Waals surface area contributed by atoms with Gasteiger partial charge in [-0.2, -0.15) is 0 Å². The molecule has 0 aromatic carbocycles. The van der Waals surface area contributed by atoms with Crippen LogP contribution in [0.5, 0.6) is 0 Å². The van der Waals surface area contributed by atoms with Gasteiger partial charge in [-0.05, 0) is 26.3 Å². The summed E-state index contributed by atoms with van der Waals surface area (Å²) < 4.78 is 5.30. The lowest BCUT2D eigenvalue weighted by Crippen LogP contribution is -2.17. The highest BCUT2D eigenvalue weighted by Gasteiger charge is 2.03. The van der Waals surface area contributed by atoms with Crippen molar-refractivity contribution in [1.82, 2.24) is 15.5 Å². The molecule has 0 aliphatic heterocycles. The molecule has 0 unspecified atom stereocenters. The minimum Gasteiger partial charge on any atom is -0.382 e. The Hall–Kier alpha value is -0.520. The van der Waals surface area contributed by atoms with Gasteiger partial charge in [0.15, 0.2) is 0 Å². The molecule has 1 aromatic rings. The lowest BCUT2D eigenvalue weighted by atomic mass is 10.3. The predicted octanol–water partition coefficient (Wildman–Crippen LogP) is 2.05. The van der Waals surface area contributed by atoms with Gasteiger partial charge in [0.2, 0.25) is 0 Å². The van der Waals surface area contributed by atoms with Crippen LogP contribution in [-0.2, 0) is 17.6 Å². The Morgan fingerprint density at radius 1 is 1.12 bits per heavy atom. The fourth-order valence-corrected chi connectivity index (χ4v) is 2.34. The molecule has 4 nitrogen and oxygen atoms in total. The summed E-state index contributed by atoms with van der Waals surface area (Å²) in [6.45, 7) is 7.90. The zero-order chi connectivity index (χ0) is 12.3. The summed E-state index contributed by atoms with van der Waals surface area (Å²) in [6.07, 6.45) is 4.19. The van der Waals surface area contributed by atoms with Gasteiger partial charge in [-0.3, -0.25) is 0 Å². The molecular formula is C12H23N3OS. The second kappa shape index (κ2) is 9.50. The van der Waals surface area contributed by atoms with E-state index in [-0.39, 0.29) is 0 Å². The topological polar surface area (TPSA) is 47.0 Å². The van der Waals surface area contributed by atoms with E-state index in [0.717, 1.165) is 55.6 Å². The van der Waals surface area contributed by atoms with E-state index in [4.69, 9.17) is 4.74 Å². The van der Waals surface area contributed by atoms with Crippen LogP contribution in [0.1, 0.15) is 36.7 Å². The molecule has 0 radical (unpaired) electrons. The van der Waals surface area contributed by atoms with Crippen LogP contribution in [-0.4, -0.2) is 36.5 Å². The van der Waals surface area contributed by atoms with Crippen LogP contribution in [0.15, 0.2) is 0 Å². The van der Waals surface area contributed by atoms with Crippen LogP contribution < -0.4 is 5.32 Å².